The molecule has 0 aromatic carbocycles. The molecule has 0 aliphatic carbocycles. The fraction of sp³-hybridized carbons (Fsp3) is 0.538. The predicted molar refractivity (Wildman–Crippen MR) is 75.0 cm³/mol. The summed E-state index contributed by atoms with van der Waals surface area (Å²) >= 11 is 0. The van der Waals surface area contributed by atoms with E-state index in [1.165, 1.54) is 18.1 Å². The summed E-state index contributed by atoms with van der Waals surface area (Å²) in [6.07, 6.45) is 1.89. The van der Waals surface area contributed by atoms with Crippen LogP contribution in [-0.2, 0) is 26.0 Å². The number of carbonyl (C=O) groups is 2. The average molecular weight is 314 g/mol. The smallest absolute Gasteiger partial charge is 0.240 e. The number of hydrogen-bond donors (Lipinski definition) is 1. The standard InChI is InChI=1S/C13H18N2O5S/c1-10(16)15(11-4-6-21(18,19)9-11)8-13(17)14-7-12-3-2-5-20-12/h2-3,5,11H,4,6-9H2,1H3,(H,14,17). The van der Waals surface area contributed by atoms with Crippen LogP contribution in [0.3, 0.4) is 0 Å². The van der Waals surface area contributed by atoms with Gasteiger partial charge in [-0.05, 0) is 18.6 Å². The number of nitrogens with zero attached hydrogens (tertiary/aromatic N) is 1. The summed E-state index contributed by atoms with van der Waals surface area (Å²) in [5, 5.41) is 2.64. The SMILES string of the molecule is CC(=O)N(CC(=O)NCc1ccco1)C1CCS(=O)(=O)C1. The van der Waals surface area contributed by atoms with Crippen LogP contribution in [0.25, 0.3) is 0 Å². The average Bonchev–Trinajstić information content (AvgIpc) is 3.02. The van der Waals surface area contributed by atoms with Gasteiger partial charge in [-0.25, -0.2) is 8.42 Å². The molecule has 2 amide bonds. The Morgan fingerprint density at radius 2 is 2.24 bits per heavy atom. The van der Waals surface area contributed by atoms with Crippen LogP contribution in [0, 0.1) is 0 Å². The lowest BCUT2D eigenvalue weighted by atomic mass is 10.2. The molecule has 2 rings (SSSR count). The zero-order chi connectivity index (χ0) is 15.5. The molecule has 0 saturated carbocycles. The van der Waals surface area contributed by atoms with Crippen LogP contribution in [-0.4, -0.2) is 49.2 Å². The minimum absolute atomic E-state index is 0.0649. The van der Waals surface area contributed by atoms with E-state index in [1.807, 2.05) is 0 Å². The Hall–Kier alpha value is -1.83. The third-order valence-electron chi connectivity index (χ3n) is 3.41. The third kappa shape index (κ3) is 4.32. The molecule has 1 fully saturated rings. The van der Waals surface area contributed by atoms with Crippen molar-refractivity contribution >= 4 is 21.7 Å². The van der Waals surface area contributed by atoms with Crippen LogP contribution in [0.2, 0.25) is 0 Å². The maximum Gasteiger partial charge on any atom is 0.240 e. The number of carbonyl (C=O) groups excluding carboxylic acids is 2. The quantitative estimate of drug-likeness (QED) is 0.820. The van der Waals surface area contributed by atoms with E-state index in [9.17, 15) is 18.0 Å². The molecule has 8 heteroatoms. The molecular formula is C13H18N2O5S. The van der Waals surface area contributed by atoms with Gasteiger partial charge < -0.3 is 14.6 Å². The number of amides is 2. The highest BCUT2D eigenvalue weighted by atomic mass is 32.2. The van der Waals surface area contributed by atoms with Crippen molar-refractivity contribution in [1.29, 1.82) is 0 Å². The molecule has 7 nitrogen and oxygen atoms in total. The highest BCUT2D eigenvalue weighted by Crippen LogP contribution is 2.17. The molecule has 1 saturated heterocycles. The van der Waals surface area contributed by atoms with E-state index in [-0.39, 0.29) is 36.4 Å². The molecule has 0 radical (unpaired) electrons. The van der Waals surface area contributed by atoms with Crippen molar-refractivity contribution in [3.63, 3.8) is 0 Å². The first-order chi connectivity index (χ1) is 9.87. The first-order valence-corrected chi connectivity index (χ1v) is 8.46. The fourth-order valence-electron chi connectivity index (χ4n) is 2.33. The van der Waals surface area contributed by atoms with Crippen LogP contribution in [0.5, 0.6) is 0 Å². The molecule has 0 bridgehead atoms. The van der Waals surface area contributed by atoms with Crippen LogP contribution >= 0.6 is 0 Å². The second-order valence-electron chi connectivity index (χ2n) is 5.06. The van der Waals surface area contributed by atoms with E-state index < -0.39 is 15.9 Å². The molecule has 1 unspecified atom stereocenters. The summed E-state index contributed by atoms with van der Waals surface area (Å²) in [6, 6.07) is 3.03. The molecule has 1 atom stereocenters. The van der Waals surface area contributed by atoms with Crippen molar-refractivity contribution in [1.82, 2.24) is 10.2 Å². The Kier molecular flexibility index (Phi) is 4.66. The number of sulfone groups is 1. The van der Waals surface area contributed by atoms with Gasteiger partial charge >= 0.3 is 0 Å². The zero-order valence-corrected chi connectivity index (χ0v) is 12.6. The van der Waals surface area contributed by atoms with Crippen molar-refractivity contribution in [2.75, 3.05) is 18.1 Å². The first-order valence-electron chi connectivity index (χ1n) is 6.64. The molecule has 1 aliphatic rings. The summed E-state index contributed by atoms with van der Waals surface area (Å²) in [5.74, 6) is -0.0367. The van der Waals surface area contributed by atoms with Crippen molar-refractivity contribution < 1.29 is 22.4 Å². The van der Waals surface area contributed by atoms with Crippen LogP contribution in [0.15, 0.2) is 22.8 Å². The Bertz CT molecular complexity index is 609. The normalized spacial score (nSPS) is 20.1. The molecule has 1 N–H and O–H groups in total. The van der Waals surface area contributed by atoms with E-state index in [0.29, 0.717) is 12.2 Å². The van der Waals surface area contributed by atoms with Gasteiger partial charge in [0.05, 0.1) is 30.9 Å². The monoisotopic (exact) mass is 314 g/mol. The molecule has 2 heterocycles. The summed E-state index contributed by atoms with van der Waals surface area (Å²) in [7, 11) is -3.10. The Labute approximate surface area is 123 Å². The van der Waals surface area contributed by atoms with E-state index in [1.54, 1.807) is 12.1 Å². The summed E-state index contributed by atoms with van der Waals surface area (Å²) in [5.41, 5.74) is 0. The zero-order valence-electron chi connectivity index (χ0n) is 11.7. The second kappa shape index (κ2) is 6.30. The first kappa shape index (κ1) is 15.6. The molecule has 21 heavy (non-hydrogen) atoms. The van der Waals surface area contributed by atoms with Crippen molar-refractivity contribution in [3.8, 4) is 0 Å². The van der Waals surface area contributed by atoms with E-state index in [0.717, 1.165) is 0 Å². The van der Waals surface area contributed by atoms with Gasteiger partial charge in [-0.1, -0.05) is 0 Å². The summed E-state index contributed by atoms with van der Waals surface area (Å²) in [6.45, 7) is 1.43. The van der Waals surface area contributed by atoms with E-state index in [2.05, 4.69) is 5.32 Å². The highest BCUT2D eigenvalue weighted by molar-refractivity contribution is 7.91. The molecule has 1 aromatic rings. The second-order valence-corrected chi connectivity index (χ2v) is 7.29. The van der Waals surface area contributed by atoms with Gasteiger partial charge in [0, 0.05) is 13.0 Å². The molecule has 1 aliphatic heterocycles. The fourth-order valence-corrected chi connectivity index (χ4v) is 4.06. The van der Waals surface area contributed by atoms with Gasteiger partial charge in [-0.3, -0.25) is 9.59 Å². The van der Waals surface area contributed by atoms with Crippen LogP contribution in [0.1, 0.15) is 19.1 Å². The summed E-state index contributed by atoms with van der Waals surface area (Å²) < 4.78 is 28.1. The van der Waals surface area contributed by atoms with Crippen LogP contribution < -0.4 is 5.32 Å². The van der Waals surface area contributed by atoms with E-state index >= 15 is 0 Å². The minimum Gasteiger partial charge on any atom is -0.467 e. The van der Waals surface area contributed by atoms with Gasteiger partial charge in [-0.15, -0.1) is 0 Å². The number of rotatable bonds is 5. The predicted octanol–water partition coefficient (Wildman–Crippen LogP) is -0.0686. The number of nitrogens with one attached hydrogen (secondary N) is 1. The number of hydrogen-bond acceptors (Lipinski definition) is 5. The molecular weight excluding hydrogens is 296 g/mol. The highest BCUT2D eigenvalue weighted by Gasteiger charge is 2.34. The van der Waals surface area contributed by atoms with Crippen molar-refractivity contribution in [2.24, 2.45) is 0 Å². The Morgan fingerprint density at radius 1 is 1.48 bits per heavy atom. The minimum atomic E-state index is -3.10. The molecule has 0 spiro atoms. The van der Waals surface area contributed by atoms with Gasteiger partial charge in [0.25, 0.3) is 0 Å². The topological polar surface area (TPSA) is 96.7 Å². The molecule has 116 valence electrons. The lowest BCUT2D eigenvalue weighted by Gasteiger charge is -2.26. The Morgan fingerprint density at radius 3 is 2.76 bits per heavy atom. The maximum atomic E-state index is 11.9. The van der Waals surface area contributed by atoms with Crippen molar-refractivity contribution in [2.45, 2.75) is 25.9 Å². The summed E-state index contributed by atoms with van der Waals surface area (Å²) in [4.78, 5) is 24.8. The third-order valence-corrected chi connectivity index (χ3v) is 5.16. The van der Waals surface area contributed by atoms with Crippen LogP contribution in [0.4, 0.5) is 0 Å². The Balaban J connectivity index is 1.90. The molecule has 1 aromatic heterocycles. The van der Waals surface area contributed by atoms with Gasteiger partial charge in [0.1, 0.15) is 5.76 Å². The lowest BCUT2D eigenvalue weighted by Crippen LogP contribution is -2.45. The lowest BCUT2D eigenvalue weighted by molar-refractivity contribution is -0.136. The van der Waals surface area contributed by atoms with Gasteiger partial charge in [-0.2, -0.15) is 0 Å². The van der Waals surface area contributed by atoms with Gasteiger partial charge in [0.15, 0.2) is 9.84 Å². The van der Waals surface area contributed by atoms with Crippen molar-refractivity contribution in [3.05, 3.63) is 24.2 Å². The van der Waals surface area contributed by atoms with E-state index in [4.69, 9.17) is 4.42 Å². The number of furan rings is 1. The van der Waals surface area contributed by atoms with Gasteiger partial charge in [0.2, 0.25) is 11.8 Å². The largest absolute Gasteiger partial charge is 0.467 e. The maximum absolute atomic E-state index is 11.9.